The molecule has 6 nitrogen and oxygen atoms in total. The summed E-state index contributed by atoms with van der Waals surface area (Å²) in [7, 11) is 0. The highest BCUT2D eigenvalue weighted by molar-refractivity contribution is 6.05. The molecule has 1 aromatic rings. The van der Waals surface area contributed by atoms with Crippen LogP contribution in [-0.4, -0.2) is 46.7 Å². The highest BCUT2D eigenvalue weighted by atomic mass is 19.3. The van der Waals surface area contributed by atoms with Crippen molar-refractivity contribution >= 4 is 17.7 Å². The van der Waals surface area contributed by atoms with E-state index in [2.05, 4.69) is 22.8 Å². The summed E-state index contributed by atoms with van der Waals surface area (Å²) in [5, 5.41) is 6.27. The molecule has 2 heterocycles. The Morgan fingerprint density at radius 3 is 2.51 bits per heavy atom. The number of imide groups is 1. The number of alkyl halides is 2. The van der Waals surface area contributed by atoms with Gasteiger partial charge in [0, 0.05) is 43.5 Å². The summed E-state index contributed by atoms with van der Waals surface area (Å²) >= 11 is 0. The molecule has 1 unspecified atom stereocenters. The topological polar surface area (TPSA) is 78.5 Å². The summed E-state index contributed by atoms with van der Waals surface area (Å²) < 4.78 is 27.2. The minimum Gasteiger partial charge on any atom is -0.322 e. The molecule has 4 fully saturated rings. The van der Waals surface area contributed by atoms with Crippen molar-refractivity contribution in [3.8, 4) is 0 Å². The molecule has 2 N–H and O–H groups in total. The number of nitrogens with one attached hydrogen (secondary N) is 2. The predicted octanol–water partition coefficient (Wildman–Crippen LogP) is 4.50. The van der Waals surface area contributed by atoms with E-state index in [1.54, 1.807) is 4.90 Å². The third-order valence-electron chi connectivity index (χ3n) is 9.85. The lowest BCUT2D eigenvalue weighted by Crippen LogP contribution is -2.55. The van der Waals surface area contributed by atoms with E-state index in [0.29, 0.717) is 49.4 Å². The smallest absolute Gasteiger partial charge is 0.255 e. The van der Waals surface area contributed by atoms with E-state index in [9.17, 15) is 23.2 Å². The SMILES string of the molecule is O=C1CCC(N2Cc3cc(C[C@H]4CCCC[C@@H]4NC4CC5(CCC(F)(F)CC5)C4)ccc3C2=O)C(=O)N1. The number of hydrogen-bond acceptors (Lipinski definition) is 4. The monoisotopic (exact) mass is 513 g/mol. The van der Waals surface area contributed by atoms with E-state index in [-0.39, 0.29) is 42.4 Å². The number of hydrogen-bond donors (Lipinski definition) is 2. The second-order valence-electron chi connectivity index (χ2n) is 12.4. The van der Waals surface area contributed by atoms with Gasteiger partial charge in [0.25, 0.3) is 5.91 Å². The largest absolute Gasteiger partial charge is 0.322 e. The Hall–Kier alpha value is -2.35. The number of halogens is 2. The number of piperidine rings is 1. The summed E-state index contributed by atoms with van der Waals surface area (Å²) in [4.78, 5) is 38.5. The number of amides is 3. The number of rotatable bonds is 5. The summed E-state index contributed by atoms with van der Waals surface area (Å²) in [5.41, 5.74) is 2.98. The number of carbonyl (C=O) groups is 3. The number of nitrogens with zero attached hydrogens (tertiary/aromatic N) is 1. The van der Waals surface area contributed by atoms with Gasteiger partial charge < -0.3 is 10.2 Å². The summed E-state index contributed by atoms with van der Waals surface area (Å²) in [5.74, 6) is -2.73. The van der Waals surface area contributed by atoms with Gasteiger partial charge >= 0.3 is 0 Å². The van der Waals surface area contributed by atoms with Crippen molar-refractivity contribution < 1.29 is 23.2 Å². The van der Waals surface area contributed by atoms with E-state index < -0.39 is 12.0 Å². The minimum atomic E-state index is -2.46. The highest BCUT2D eigenvalue weighted by Gasteiger charge is 2.50. The zero-order valence-corrected chi connectivity index (χ0v) is 21.4. The Labute approximate surface area is 216 Å². The molecule has 3 atom stereocenters. The van der Waals surface area contributed by atoms with Gasteiger partial charge in [0.1, 0.15) is 6.04 Å². The minimum absolute atomic E-state index is 0.0492. The summed E-state index contributed by atoms with van der Waals surface area (Å²) in [6, 6.07) is 6.38. The fourth-order valence-corrected chi connectivity index (χ4v) is 7.69. The molecule has 0 radical (unpaired) electrons. The van der Waals surface area contributed by atoms with Crippen LogP contribution in [0, 0.1) is 11.3 Å². The number of fused-ring (bicyclic) bond motifs is 1. The molecule has 37 heavy (non-hydrogen) atoms. The predicted molar refractivity (Wildman–Crippen MR) is 134 cm³/mol. The normalized spacial score (nSPS) is 31.2. The van der Waals surface area contributed by atoms with Gasteiger partial charge in [-0.25, -0.2) is 8.78 Å². The Morgan fingerprint density at radius 1 is 1.00 bits per heavy atom. The molecule has 0 bridgehead atoms. The molecule has 5 aliphatic rings. The third kappa shape index (κ3) is 4.93. The zero-order chi connectivity index (χ0) is 25.8. The fraction of sp³-hybridized carbons (Fsp3) is 0.690. The van der Waals surface area contributed by atoms with Crippen molar-refractivity contribution in [1.29, 1.82) is 0 Å². The fourth-order valence-electron chi connectivity index (χ4n) is 7.69. The Balaban J connectivity index is 1.07. The first-order valence-electron chi connectivity index (χ1n) is 14.1. The van der Waals surface area contributed by atoms with Gasteiger partial charge in [0.15, 0.2) is 0 Å². The summed E-state index contributed by atoms with van der Waals surface area (Å²) in [6.45, 7) is 0.407. The van der Waals surface area contributed by atoms with Crippen LogP contribution in [0.15, 0.2) is 18.2 Å². The number of benzene rings is 1. The Morgan fingerprint density at radius 2 is 1.76 bits per heavy atom. The van der Waals surface area contributed by atoms with Crippen molar-refractivity contribution in [3.63, 3.8) is 0 Å². The molecule has 3 saturated carbocycles. The molecule has 1 saturated heterocycles. The summed E-state index contributed by atoms with van der Waals surface area (Å²) in [6.07, 6.45) is 9.82. The van der Waals surface area contributed by atoms with Gasteiger partial charge in [-0.15, -0.1) is 0 Å². The van der Waals surface area contributed by atoms with Crippen molar-refractivity contribution in [2.24, 2.45) is 11.3 Å². The molecule has 2 aliphatic heterocycles. The number of carbonyl (C=O) groups excluding carboxylic acids is 3. The molecule has 3 amide bonds. The van der Waals surface area contributed by atoms with Crippen LogP contribution < -0.4 is 10.6 Å². The van der Waals surface area contributed by atoms with Gasteiger partial charge in [-0.2, -0.15) is 0 Å². The van der Waals surface area contributed by atoms with Crippen LogP contribution >= 0.6 is 0 Å². The molecular formula is C29H37F2N3O3. The van der Waals surface area contributed by atoms with Crippen molar-refractivity contribution in [2.45, 2.75) is 114 Å². The third-order valence-corrected chi connectivity index (χ3v) is 9.85. The highest BCUT2D eigenvalue weighted by Crippen LogP contribution is 2.55. The second-order valence-corrected chi connectivity index (χ2v) is 12.4. The van der Waals surface area contributed by atoms with Gasteiger partial charge in [-0.1, -0.05) is 25.0 Å². The average molecular weight is 514 g/mol. The van der Waals surface area contributed by atoms with E-state index in [0.717, 1.165) is 31.2 Å². The van der Waals surface area contributed by atoms with Crippen molar-refractivity contribution in [2.75, 3.05) is 0 Å². The zero-order valence-electron chi connectivity index (χ0n) is 21.4. The van der Waals surface area contributed by atoms with Crippen molar-refractivity contribution in [1.82, 2.24) is 15.5 Å². The first-order valence-corrected chi connectivity index (χ1v) is 14.1. The molecule has 200 valence electrons. The first kappa shape index (κ1) is 25.0. The molecule has 1 aromatic carbocycles. The quantitative estimate of drug-likeness (QED) is 0.569. The molecule has 3 aliphatic carbocycles. The van der Waals surface area contributed by atoms with Gasteiger partial charge in [0.05, 0.1) is 0 Å². The Kier molecular flexibility index (Phi) is 6.37. The van der Waals surface area contributed by atoms with Crippen LogP contribution in [0.3, 0.4) is 0 Å². The van der Waals surface area contributed by atoms with Crippen LogP contribution in [-0.2, 0) is 22.6 Å². The van der Waals surface area contributed by atoms with Crippen LogP contribution in [0.4, 0.5) is 8.78 Å². The standard InChI is InChI=1S/C29H37F2N3O3/c30-29(31)11-9-28(10-12-29)15-21(16-28)32-23-4-2-1-3-19(23)13-18-5-6-22-20(14-18)17-34(27(22)37)24-7-8-25(35)33-26(24)36/h5-6,14,19,21,23-24,32H,1-4,7-13,15-17H2,(H,33,35,36)/t19-,23+,24?/m1/s1. The second kappa shape index (κ2) is 9.44. The maximum absolute atomic E-state index is 13.6. The lowest BCUT2D eigenvalue weighted by atomic mass is 9.57. The van der Waals surface area contributed by atoms with E-state index >= 15 is 0 Å². The average Bonchev–Trinajstić information content (AvgIpc) is 3.16. The van der Waals surface area contributed by atoms with Crippen molar-refractivity contribution in [3.05, 3.63) is 34.9 Å². The van der Waals surface area contributed by atoms with E-state index in [1.165, 1.54) is 24.8 Å². The first-order chi connectivity index (χ1) is 17.7. The van der Waals surface area contributed by atoms with Gasteiger partial charge in [-0.3, -0.25) is 19.7 Å². The van der Waals surface area contributed by atoms with Crippen LogP contribution in [0.1, 0.15) is 98.5 Å². The van der Waals surface area contributed by atoms with Crippen LogP contribution in [0.25, 0.3) is 0 Å². The lowest BCUT2D eigenvalue weighted by molar-refractivity contribution is -0.136. The van der Waals surface area contributed by atoms with Gasteiger partial charge in [-0.05, 0) is 79.9 Å². The van der Waals surface area contributed by atoms with Crippen LogP contribution in [0.2, 0.25) is 0 Å². The molecule has 8 heteroatoms. The van der Waals surface area contributed by atoms with E-state index in [1.807, 2.05) is 6.07 Å². The van der Waals surface area contributed by atoms with Crippen LogP contribution in [0.5, 0.6) is 0 Å². The maximum Gasteiger partial charge on any atom is 0.255 e. The van der Waals surface area contributed by atoms with E-state index in [4.69, 9.17) is 0 Å². The van der Waals surface area contributed by atoms with Gasteiger partial charge in [0.2, 0.25) is 17.7 Å². The molecular weight excluding hydrogens is 476 g/mol. The molecule has 0 aromatic heterocycles. The Bertz CT molecular complexity index is 1090. The lowest BCUT2D eigenvalue weighted by Gasteiger charge is -2.53. The maximum atomic E-state index is 13.6. The molecule has 1 spiro atoms. The molecule has 6 rings (SSSR count).